The maximum atomic E-state index is 6.15. The van der Waals surface area contributed by atoms with Crippen molar-refractivity contribution in [3.8, 4) is 5.75 Å². The molecule has 0 aromatic heterocycles. The van der Waals surface area contributed by atoms with Crippen molar-refractivity contribution in [2.24, 2.45) is 0 Å². The van der Waals surface area contributed by atoms with E-state index in [0.29, 0.717) is 18.2 Å². The van der Waals surface area contributed by atoms with Crippen LogP contribution in [-0.4, -0.2) is 0 Å². The fourth-order valence-electron chi connectivity index (χ4n) is 2.51. The van der Waals surface area contributed by atoms with Gasteiger partial charge in [0.05, 0.1) is 0 Å². The Kier molecular flexibility index (Phi) is 6.35. The molecule has 3 aromatic rings. The summed E-state index contributed by atoms with van der Waals surface area (Å²) in [6, 6.07) is 23.7. The summed E-state index contributed by atoms with van der Waals surface area (Å²) in [6.07, 6.45) is 0. The van der Waals surface area contributed by atoms with Gasteiger partial charge in [0.25, 0.3) is 0 Å². The minimum atomic E-state index is 0.491. The Hall–Kier alpha value is -2.00. The molecule has 0 bridgehead atoms. The SMILES string of the molecule is Clc1ccc(COc2ccc(Cl)cc2CNCc2ccccc2)cc1. The van der Waals surface area contributed by atoms with E-state index in [1.54, 1.807) is 0 Å². The van der Waals surface area contributed by atoms with Crippen LogP contribution in [-0.2, 0) is 19.7 Å². The molecule has 0 aliphatic carbocycles. The summed E-state index contributed by atoms with van der Waals surface area (Å²) in [5, 5.41) is 4.86. The molecule has 0 saturated heterocycles. The second kappa shape index (κ2) is 8.91. The van der Waals surface area contributed by atoms with Gasteiger partial charge in [0.15, 0.2) is 0 Å². The zero-order valence-corrected chi connectivity index (χ0v) is 15.2. The molecule has 0 saturated carbocycles. The summed E-state index contributed by atoms with van der Waals surface area (Å²) in [4.78, 5) is 0. The smallest absolute Gasteiger partial charge is 0.124 e. The average molecular weight is 372 g/mol. The summed E-state index contributed by atoms with van der Waals surface area (Å²) >= 11 is 12.1. The molecule has 128 valence electrons. The van der Waals surface area contributed by atoms with Crippen LogP contribution >= 0.6 is 23.2 Å². The highest BCUT2D eigenvalue weighted by Gasteiger charge is 2.06. The van der Waals surface area contributed by atoms with E-state index in [2.05, 4.69) is 17.4 Å². The lowest BCUT2D eigenvalue weighted by Gasteiger charge is -2.13. The van der Waals surface area contributed by atoms with Crippen LogP contribution < -0.4 is 10.1 Å². The van der Waals surface area contributed by atoms with Gasteiger partial charge >= 0.3 is 0 Å². The van der Waals surface area contributed by atoms with E-state index >= 15 is 0 Å². The molecule has 0 amide bonds. The topological polar surface area (TPSA) is 21.3 Å². The summed E-state index contributed by atoms with van der Waals surface area (Å²) in [6.45, 7) is 1.97. The van der Waals surface area contributed by atoms with Crippen LogP contribution in [0.15, 0.2) is 72.8 Å². The summed E-state index contributed by atoms with van der Waals surface area (Å²) < 4.78 is 5.98. The van der Waals surface area contributed by atoms with Gasteiger partial charge in [-0.05, 0) is 41.5 Å². The van der Waals surface area contributed by atoms with Crippen LogP contribution in [0.5, 0.6) is 5.75 Å². The van der Waals surface area contributed by atoms with Gasteiger partial charge in [0.2, 0.25) is 0 Å². The Morgan fingerprint density at radius 2 is 1.44 bits per heavy atom. The number of ether oxygens (including phenoxy) is 1. The second-order valence-electron chi connectivity index (χ2n) is 5.76. The van der Waals surface area contributed by atoms with Crippen molar-refractivity contribution in [3.63, 3.8) is 0 Å². The Bertz CT molecular complexity index is 804. The molecular weight excluding hydrogens is 353 g/mol. The molecule has 0 heterocycles. The van der Waals surface area contributed by atoms with Crippen LogP contribution in [0, 0.1) is 0 Å². The van der Waals surface area contributed by atoms with E-state index in [-0.39, 0.29) is 0 Å². The Labute approximate surface area is 158 Å². The molecule has 3 rings (SSSR count). The van der Waals surface area contributed by atoms with Crippen LogP contribution in [0.3, 0.4) is 0 Å². The van der Waals surface area contributed by atoms with Gasteiger partial charge in [0, 0.05) is 28.7 Å². The van der Waals surface area contributed by atoms with E-state index in [0.717, 1.165) is 28.4 Å². The number of benzene rings is 3. The first-order chi connectivity index (χ1) is 12.2. The normalized spacial score (nSPS) is 10.6. The van der Waals surface area contributed by atoms with E-state index in [4.69, 9.17) is 27.9 Å². The number of rotatable bonds is 7. The van der Waals surface area contributed by atoms with Crippen molar-refractivity contribution < 1.29 is 4.74 Å². The molecule has 0 spiro atoms. The van der Waals surface area contributed by atoms with Crippen molar-refractivity contribution in [2.45, 2.75) is 19.7 Å². The molecule has 0 aliphatic rings. The molecule has 0 fully saturated rings. The first-order valence-corrected chi connectivity index (χ1v) is 8.86. The standard InChI is InChI=1S/C21H19Cl2NO/c22-19-8-6-17(7-9-19)15-25-21-11-10-20(23)12-18(21)14-24-13-16-4-2-1-3-5-16/h1-12,24H,13-15H2. The van der Waals surface area contributed by atoms with Gasteiger partial charge in [-0.15, -0.1) is 0 Å². The maximum absolute atomic E-state index is 6.15. The van der Waals surface area contributed by atoms with Gasteiger partial charge in [0.1, 0.15) is 12.4 Å². The number of hydrogen-bond acceptors (Lipinski definition) is 2. The van der Waals surface area contributed by atoms with Gasteiger partial charge in [-0.3, -0.25) is 0 Å². The molecule has 0 unspecified atom stereocenters. The van der Waals surface area contributed by atoms with Gasteiger partial charge in [-0.1, -0.05) is 65.7 Å². The molecule has 25 heavy (non-hydrogen) atoms. The monoisotopic (exact) mass is 371 g/mol. The number of halogens is 2. The van der Waals surface area contributed by atoms with Gasteiger partial charge in [-0.25, -0.2) is 0 Å². The van der Waals surface area contributed by atoms with E-state index in [9.17, 15) is 0 Å². The predicted octanol–water partition coefficient (Wildman–Crippen LogP) is 5.86. The molecule has 3 aromatic carbocycles. The van der Waals surface area contributed by atoms with Gasteiger partial charge < -0.3 is 10.1 Å². The van der Waals surface area contributed by atoms with Crippen LogP contribution in [0.4, 0.5) is 0 Å². The zero-order valence-electron chi connectivity index (χ0n) is 13.7. The lowest BCUT2D eigenvalue weighted by atomic mass is 10.1. The fourth-order valence-corrected chi connectivity index (χ4v) is 2.83. The van der Waals surface area contributed by atoms with Crippen molar-refractivity contribution in [3.05, 3.63) is 99.5 Å². The molecule has 4 heteroatoms. The third-order valence-electron chi connectivity index (χ3n) is 3.82. The lowest BCUT2D eigenvalue weighted by molar-refractivity contribution is 0.302. The largest absolute Gasteiger partial charge is 0.489 e. The van der Waals surface area contributed by atoms with Crippen molar-refractivity contribution in [2.75, 3.05) is 0 Å². The van der Waals surface area contributed by atoms with E-state index < -0.39 is 0 Å². The summed E-state index contributed by atoms with van der Waals surface area (Å²) in [7, 11) is 0. The molecular formula is C21H19Cl2NO. The maximum Gasteiger partial charge on any atom is 0.124 e. The Morgan fingerprint density at radius 1 is 0.720 bits per heavy atom. The quantitative estimate of drug-likeness (QED) is 0.561. The van der Waals surface area contributed by atoms with Crippen LogP contribution in [0.25, 0.3) is 0 Å². The van der Waals surface area contributed by atoms with E-state index in [1.165, 1.54) is 5.56 Å². The molecule has 0 radical (unpaired) electrons. The molecule has 0 atom stereocenters. The highest BCUT2D eigenvalue weighted by Crippen LogP contribution is 2.24. The number of hydrogen-bond donors (Lipinski definition) is 1. The summed E-state index contributed by atoms with van der Waals surface area (Å²) in [5.74, 6) is 0.833. The third kappa shape index (κ3) is 5.50. The van der Waals surface area contributed by atoms with E-state index in [1.807, 2.05) is 60.7 Å². The second-order valence-corrected chi connectivity index (χ2v) is 6.63. The van der Waals surface area contributed by atoms with Crippen molar-refractivity contribution in [1.82, 2.24) is 5.32 Å². The average Bonchev–Trinajstić information content (AvgIpc) is 2.63. The molecule has 2 nitrogen and oxygen atoms in total. The Morgan fingerprint density at radius 3 is 2.20 bits per heavy atom. The van der Waals surface area contributed by atoms with Crippen molar-refractivity contribution in [1.29, 1.82) is 0 Å². The highest BCUT2D eigenvalue weighted by molar-refractivity contribution is 6.30. The Balaban J connectivity index is 1.62. The fraction of sp³-hybridized carbons (Fsp3) is 0.143. The van der Waals surface area contributed by atoms with Gasteiger partial charge in [-0.2, -0.15) is 0 Å². The van der Waals surface area contributed by atoms with Crippen LogP contribution in [0.1, 0.15) is 16.7 Å². The predicted molar refractivity (Wildman–Crippen MR) is 104 cm³/mol. The zero-order chi connectivity index (χ0) is 17.5. The third-order valence-corrected chi connectivity index (χ3v) is 4.30. The minimum Gasteiger partial charge on any atom is -0.489 e. The first kappa shape index (κ1) is 17.8. The first-order valence-electron chi connectivity index (χ1n) is 8.11. The molecule has 0 aliphatic heterocycles. The molecule has 1 N–H and O–H groups in total. The lowest BCUT2D eigenvalue weighted by Crippen LogP contribution is -2.13. The van der Waals surface area contributed by atoms with Crippen molar-refractivity contribution >= 4 is 23.2 Å². The number of nitrogens with one attached hydrogen (secondary N) is 1. The minimum absolute atomic E-state index is 0.491. The summed E-state index contributed by atoms with van der Waals surface area (Å²) in [5.41, 5.74) is 3.35. The highest BCUT2D eigenvalue weighted by atomic mass is 35.5. The van der Waals surface area contributed by atoms with Crippen LogP contribution in [0.2, 0.25) is 10.0 Å².